The fraction of sp³-hybridized carbons (Fsp3) is 0.727. The summed E-state index contributed by atoms with van der Waals surface area (Å²) in [5, 5.41) is 8.39. The van der Waals surface area contributed by atoms with Gasteiger partial charge in [0.1, 0.15) is 0 Å². The average Bonchev–Trinajstić information content (AvgIpc) is 2.68. The predicted octanol–water partition coefficient (Wildman–Crippen LogP) is 0.371. The van der Waals surface area contributed by atoms with Gasteiger partial charge in [-0.1, -0.05) is 0 Å². The summed E-state index contributed by atoms with van der Waals surface area (Å²) in [6.45, 7) is 1.74. The standard InChI is InChI=1S/C11H17N3O2/c1-13(7-3-6-12)10(15)5-9-14-8-2-4-11(14)16/h2-5,7-9H2,1H3. The number of nitrogens with zero attached hydrogens (tertiary/aromatic N) is 3. The molecule has 1 heterocycles. The van der Waals surface area contributed by atoms with E-state index in [4.69, 9.17) is 5.26 Å². The quantitative estimate of drug-likeness (QED) is 0.676. The van der Waals surface area contributed by atoms with Crippen LogP contribution in [0.2, 0.25) is 0 Å². The van der Waals surface area contributed by atoms with Crippen LogP contribution in [0.3, 0.4) is 0 Å². The van der Waals surface area contributed by atoms with Gasteiger partial charge in [-0.3, -0.25) is 9.59 Å². The second-order valence-corrected chi connectivity index (χ2v) is 3.96. The van der Waals surface area contributed by atoms with Gasteiger partial charge in [-0.25, -0.2) is 0 Å². The lowest BCUT2D eigenvalue weighted by Crippen LogP contribution is -2.33. The van der Waals surface area contributed by atoms with E-state index in [9.17, 15) is 9.59 Å². The van der Waals surface area contributed by atoms with Crippen LogP contribution in [0.25, 0.3) is 0 Å². The molecule has 88 valence electrons. The minimum absolute atomic E-state index is 0.00468. The molecule has 0 unspecified atom stereocenters. The number of nitriles is 1. The normalized spacial score (nSPS) is 15.0. The van der Waals surface area contributed by atoms with Crippen molar-refractivity contribution in [3.63, 3.8) is 0 Å². The smallest absolute Gasteiger partial charge is 0.224 e. The Balaban J connectivity index is 2.24. The molecule has 5 nitrogen and oxygen atoms in total. The van der Waals surface area contributed by atoms with Crippen molar-refractivity contribution in [1.29, 1.82) is 5.26 Å². The predicted molar refractivity (Wildman–Crippen MR) is 58.3 cm³/mol. The molecule has 1 fully saturated rings. The van der Waals surface area contributed by atoms with E-state index in [0.717, 1.165) is 13.0 Å². The van der Waals surface area contributed by atoms with Crippen molar-refractivity contribution in [2.45, 2.75) is 25.7 Å². The molecule has 1 aliphatic heterocycles. The first kappa shape index (κ1) is 12.5. The molecule has 5 heteroatoms. The minimum Gasteiger partial charge on any atom is -0.345 e. The number of hydrogen-bond acceptors (Lipinski definition) is 3. The summed E-state index contributed by atoms with van der Waals surface area (Å²) < 4.78 is 0. The minimum atomic E-state index is -0.00468. The van der Waals surface area contributed by atoms with E-state index >= 15 is 0 Å². The zero-order chi connectivity index (χ0) is 12.0. The van der Waals surface area contributed by atoms with Crippen LogP contribution < -0.4 is 0 Å². The van der Waals surface area contributed by atoms with Crippen LogP contribution in [-0.2, 0) is 9.59 Å². The highest BCUT2D eigenvalue weighted by atomic mass is 16.2. The summed E-state index contributed by atoms with van der Waals surface area (Å²) in [5.74, 6) is 0.141. The van der Waals surface area contributed by atoms with Crippen LogP contribution in [0, 0.1) is 11.3 Å². The monoisotopic (exact) mass is 223 g/mol. The molecule has 0 bridgehead atoms. The number of carbonyl (C=O) groups excluding carboxylic acids is 2. The average molecular weight is 223 g/mol. The van der Waals surface area contributed by atoms with E-state index in [0.29, 0.717) is 32.4 Å². The van der Waals surface area contributed by atoms with Crippen molar-refractivity contribution >= 4 is 11.8 Å². The first-order valence-electron chi connectivity index (χ1n) is 5.54. The first-order valence-corrected chi connectivity index (χ1v) is 5.54. The third-order valence-electron chi connectivity index (χ3n) is 2.75. The summed E-state index contributed by atoms with van der Waals surface area (Å²) >= 11 is 0. The van der Waals surface area contributed by atoms with Gasteiger partial charge in [0.25, 0.3) is 0 Å². The highest BCUT2D eigenvalue weighted by Gasteiger charge is 2.20. The van der Waals surface area contributed by atoms with Gasteiger partial charge < -0.3 is 9.80 Å². The van der Waals surface area contributed by atoms with Crippen molar-refractivity contribution in [2.24, 2.45) is 0 Å². The molecule has 2 amide bonds. The second kappa shape index (κ2) is 6.11. The van der Waals surface area contributed by atoms with Crippen molar-refractivity contribution in [1.82, 2.24) is 9.80 Å². The maximum Gasteiger partial charge on any atom is 0.224 e. The summed E-state index contributed by atoms with van der Waals surface area (Å²) in [5.41, 5.74) is 0. The van der Waals surface area contributed by atoms with Crippen LogP contribution in [-0.4, -0.2) is 48.3 Å². The summed E-state index contributed by atoms with van der Waals surface area (Å²) in [6, 6.07) is 2.00. The number of amides is 2. The first-order chi connectivity index (χ1) is 7.65. The Morgan fingerprint density at radius 1 is 1.62 bits per heavy atom. The topological polar surface area (TPSA) is 64.4 Å². The molecule has 0 saturated carbocycles. The summed E-state index contributed by atoms with van der Waals surface area (Å²) in [4.78, 5) is 26.2. The molecule has 0 aromatic carbocycles. The SMILES string of the molecule is CN(CCC#N)C(=O)CCN1CCCC1=O. The van der Waals surface area contributed by atoms with Crippen molar-refractivity contribution in [3.05, 3.63) is 0 Å². The third kappa shape index (κ3) is 3.54. The van der Waals surface area contributed by atoms with Gasteiger partial charge in [0.2, 0.25) is 11.8 Å². The van der Waals surface area contributed by atoms with E-state index in [-0.39, 0.29) is 11.8 Å². The number of hydrogen-bond donors (Lipinski definition) is 0. The highest BCUT2D eigenvalue weighted by molar-refractivity contribution is 5.80. The summed E-state index contributed by atoms with van der Waals surface area (Å²) in [7, 11) is 1.69. The van der Waals surface area contributed by atoms with Gasteiger partial charge >= 0.3 is 0 Å². The van der Waals surface area contributed by atoms with E-state index < -0.39 is 0 Å². The van der Waals surface area contributed by atoms with Crippen molar-refractivity contribution in [2.75, 3.05) is 26.7 Å². The lowest BCUT2D eigenvalue weighted by Gasteiger charge is -2.19. The number of carbonyl (C=O) groups is 2. The molecule has 0 radical (unpaired) electrons. The fourth-order valence-electron chi connectivity index (χ4n) is 1.70. The van der Waals surface area contributed by atoms with Crippen molar-refractivity contribution in [3.8, 4) is 6.07 Å². The molecule has 1 saturated heterocycles. The fourth-order valence-corrected chi connectivity index (χ4v) is 1.70. The zero-order valence-corrected chi connectivity index (χ0v) is 9.61. The van der Waals surface area contributed by atoms with E-state index in [1.165, 1.54) is 0 Å². The Bertz CT molecular complexity index is 309. The molecule has 16 heavy (non-hydrogen) atoms. The van der Waals surface area contributed by atoms with Gasteiger partial charge in [0, 0.05) is 39.5 Å². The lowest BCUT2D eigenvalue weighted by molar-refractivity contribution is -0.131. The Kier molecular flexibility index (Phi) is 4.77. The largest absolute Gasteiger partial charge is 0.345 e. The number of likely N-dealkylation sites (tertiary alicyclic amines) is 1. The Labute approximate surface area is 95.6 Å². The van der Waals surface area contributed by atoms with Crippen LogP contribution in [0.15, 0.2) is 0 Å². The van der Waals surface area contributed by atoms with Gasteiger partial charge in [-0.05, 0) is 6.42 Å². The van der Waals surface area contributed by atoms with Gasteiger partial charge in [-0.2, -0.15) is 5.26 Å². The zero-order valence-electron chi connectivity index (χ0n) is 9.61. The molecule has 0 aliphatic carbocycles. The van der Waals surface area contributed by atoms with Crippen LogP contribution in [0.1, 0.15) is 25.7 Å². The Morgan fingerprint density at radius 2 is 2.38 bits per heavy atom. The molecular weight excluding hydrogens is 206 g/mol. The summed E-state index contributed by atoms with van der Waals surface area (Å²) in [6.07, 6.45) is 2.22. The van der Waals surface area contributed by atoms with Gasteiger partial charge in [0.05, 0.1) is 12.5 Å². The maximum absolute atomic E-state index is 11.6. The van der Waals surface area contributed by atoms with E-state index in [2.05, 4.69) is 0 Å². The molecule has 0 N–H and O–H groups in total. The van der Waals surface area contributed by atoms with Gasteiger partial charge in [-0.15, -0.1) is 0 Å². The molecule has 0 aromatic heterocycles. The van der Waals surface area contributed by atoms with Crippen LogP contribution >= 0.6 is 0 Å². The van der Waals surface area contributed by atoms with Crippen LogP contribution in [0.5, 0.6) is 0 Å². The highest BCUT2D eigenvalue weighted by Crippen LogP contribution is 2.10. The molecule has 1 rings (SSSR count). The number of rotatable bonds is 5. The van der Waals surface area contributed by atoms with Crippen LogP contribution in [0.4, 0.5) is 0 Å². The maximum atomic E-state index is 11.6. The van der Waals surface area contributed by atoms with Gasteiger partial charge in [0.15, 0.2) is 0 Å². The van der Waals surface area contributed by atoms with E-state index in [1.807, 2.05) is 6.07 Å². The second-order valence-electron chi connectivity index (χ2n) is 3.96. The third-order valence-corrected chi connectivity index (χ3v) is 2.75. The molecule has 0 spiro atoms. The molecule has 1 aliphatic rings. The molecular formula is C11H17N3O2. The lowest BCUT2D eigenvalue weighted by atomic mass is 10.3. The molecule has 0 atom stereocenters. The Hall–Kier alpha value is -1.57. The van der Waals surface area contributed by atoms with Crippen molar-refractivity contribution < 1.29 is 9.59 Å². The van der Waals surface area contributed by atoms with E-state index in [1.54, 1.807) is 16.8 Å². The Morgan fingerprint density at radius 3 is 2.94 bits per heavy atom. The molecule has 0 aromatic rings.